The van der Waals surface area contributed by atoms with Crippen LogP contribution in [0.25, 0.3) is 11.1 Å². The van der Waals surface area contributed by atoms with Crippen LogP contribution in [0.15, 0.2) is 35.1 Å². The number of halogens is 3. The Labute approximate surface area is 164 Å². The number of nitrogens with one attached hydrogen (secondary N) is 1. The number of carbonyl (C=O) groups is 1. The zero-order chi connectivity index (χ0) is 21.2. The minimum atomic E-state index is -4.42. The molecule has 0 radical (unpaired) electrons. The van der Waals surface area contributed by atoms with E-state index in [1.165, 1.54) is 24.5 Å². The van der Waals surface area contributed by atoms with Crippen molar-refractivity contribution >= 4 is 17.0 Å². The first-order chi connectivity index (χ1) is 13.6. The molecule has 0 spiro atoms. The molecule has 0 aliphatic carbocycles. The van der Waals surface area contributed by atoms with Gasteiger partial charge in [0.05, 0.1) is 34.6 Å². The number of alkyl halides is 3. The predicted octanol–water partition coefficient (Wildman–Crippen LogP) is 4.17. The van der Waals surface area contributed by atoms with E-state index >= 15 is 0 Å². The van der Waals surface area contributed by atoms with Gasteiger partial charge < -0.3 is 14.6 Å². The molecular weight excluding hydrogens is 389 g/mol. The summed E-state index contributed by atoms with van der Waals surface area (Å²) < 4.78 is 46.4. The summed E-state index contributed by atoms with van der Waals surface area (Å²) in [6.07, 6.45) is -1.85. The Morgan fingerprint density at radius 3 is 2.59 bits per heavy atom. The van der Waals surface area contributed by atoms with Crippen LogP contribution in [0.3, 0.4) is 0 Å². The van der Waals surface area contributed by atoms with Crippen LogP contribution in [0.5, 0.6) is 5.75 Å². The van der Waals surface area contributed by atoms with E-state index < -0.39 is 18.8 Å². The molecule has 1 amide bonds. The first kappa shape index (κ1) is 20.6. The van der Waals surface area contributed by atoms with Gasteiger partial charge in [0.15, 0.2) is 6.61 Å². The molecule has 154 valence electrons. The van der Waals surface area contributed by atoms with Crippen molar-refractivity contribution in [2.75, 3.05) is 6.61 Å². The summed E-state index contributed by atoms with van der Waals surface area (Å²) in [7, 11) is 0. The lowest BCUT2D eigenvalue weighted by Crippen LogP contribution is -2.27. The summed E-state index contributed by atoms with van der Waals surface area (Å²) in [6.45, 7) is 4.23. The van der Waals surface area contributed by atoms with Crippen LogP contribution in [0, 0.1) is 0 Å². The van der Waals surface area contributed by atoms with E-state index in [9.17, 15) is 18.0 Å². The van der Waals surface area contributed by atoms with Gasteiger partial charge in [-0.1, -0.05) is 19.0 Å². The minimum Gasteiger partial charge on any atom is -0.483 e. The average Bonchev–Trinajstić information content (AvgIpc) is 3.09. The normalized spacial score (nSPS) is 12.9. The SMILES string of the molecule is CC(C)c1noc2ncc(C(=O)N[C@H](C)c3ccc(OCC(F)(F)F)cn3)cc12. The fourth-order valence-electron chi connectivity index (χ4n) is 2.64. The number of rotatable bonds is 6. The van der Waals surface area contributed by atoms with Gasteiger partial charge in [0, 0.05) is 6.20 Å². The van der Waals surface area contributed by atoms with E-state index in [0.717, 1.165) is 0 Å². The quantitative estimate of drug-likeness (QED) is 0.658. The summed E-state index contributed by atoms with van der Waals surface area (Å²) >= 11 is 0. The first-order valence-electron chi connectivity index (χ1n) is 8.85. The van der Waals surface area contributed by atoms with Crippen molar-refractivity contribution in [3.63, 3.8) is 0 Å². The standard InChI is InChI=1S/C19H19F3N4O3/c1-10(2)16-14-6-12(7-24-18(14)29-26-16)17(27)25-11(3)15-5-4-13(8-23-15)28-9-19(20,21)22/h4-8,10-11H,9H2,1-3H3,(H,25,27)/t11-/m1/s1. The van der Waals surface area contributed by atoms with Crippen LogP contribution < -0.4 is 10.1 Å². The third-order valence-corrected chi connectivity index (χ3v) is 4.12. The highest BCUT2D eigenvalue weighted by atomic mass is 19.4. The van der Waals surface area contributed by atoms with Gasteiger partial charge in [-0.3, -0.25) is 9.78 Å². The van der Waals surface area contributed by atoms with Gasteiger partial charge >= 0.3 is 6.18 Å². The Balaban J connectivity index is 1.68. The number of fused-ring (bicyclic) bond motifs is 1. The molecule has 3 aromatic heterocycles. The molecule has 29 heavy (non-hydrogen) atoms. The number of hydrogen-bond acceptors (Lipinski definition) is 6. The van der Waals surface area contributed by atoms with Crippen LogP contribution >= 0.6 is 0 Å². The van der Waals surface area contributed by atoms with Crippen molar-refractivity contribution < 1.29 is 27.2 Å². The molecule has 3 heterocycles. The predicted molar refractivity (Wildman–Crippen MR) is 97.6 cm³/mol. The zero-order valence-electron chi connectivity index (χ0n) is 15.9. The molecule has 1 N–H and O–H groups in total. The second kappa shape index (κ2) is 8.06. The Kier molecular flexibility index (Phi) is 5.71. The third kappa shape index (κ3) is 5.01. The van der Waals surface area contributed by atoms with Gasteiger partial charge in [-0.25, -0.2) is 4.98 Å². The lowest BCUT2D eigenvalue weighted by molar-refractivity contribution is -0.153. The van der Waals surface area contributed by atoms with E-state index in [-0.39, 0.29) is 17.6 Å². The maximum Gasteiger partial charge on any atom is 0.422 e. The van der Waals surface area contributed by atoms with Gasteiger partial charge in [-0.05, 0) is 31.0 Å². The number of ether oxygens (including phenoxy) is 1. The lowest BCUT2D eigenvalue weighted by atomic mass is 10.1. The first-order valence-corrected chi connectivity index (χ1v) is 8.85. The summed E-state index contributed by atoms with van der Waals surface area (Å²) in [5.74, 6) is -0.271. The molecule has 0 saturated carbocycles. The fourth-order valence-corrected chi connectivity index (χ4v) is 2.64. The van der Waals surface area contributed by atoms with Crippen LogP contribution in [0.4, 0.5) is 13.2 Å². The Morgan fingerprint density at radius 2 is 1.97 bits per heavy atom. The van der Waals surface area contributed by atoms with Gasteiger partial charge in [0.25, 0.3) is 11.6 Å². The maximum atomic E-state index is 12.6. The van der Waals surface area contributed by atoms with E-state index in [4.69, 9.17) is 4.52 Å². The smallest absolute Gasteiger partial charge is 0.422 e. The molecule has 0 aliphatic rings. The Hall–Kier alpha value is -3.17. The highest BCUT2D eigenvalue weighted by Crippen LogP contribution is 2.24. The molecule has 3 rings (SSSR count). The fraction of sp³-hybridized carbons (Fsp3) is 0.368. The Bertz CT molecular complexity index is 1000. The zero-order valence-corrected chi connectivity index (χ0v) is 15.9. The van der Waals surface area contributed by atoms with Crippen LogP contribution in [0.2, 0.25) is 0 Å². The van der Waals surface area contributed by atoms with Gasteiger partial charge in [0.1, 0.15) is 5.75 Å². The van der Waals surface area contributed by atoms with Crippen molar-refractivity contribution in [1.82, 2.24) is 20.4 Å². The number of amides is 1. The number of nitrogens with zero attached hydrogens (tertiary/aromatic N) is 3. The van der Waals surface area contributed by atoms with Gasteiger partial charge in [-0.2, -0.15) is 13.2 Å². The van der Waals surface area contributed by atoms with Gasteiger partial charge in [-0.15, -0.1) is 0 Å². The van der Waals surface area contributed by atoms with Gasteiger partial charge in [0.2, 0.25) is 0 Å². The van der Waals surface area contributed by atoms with Crippen LogP contribution in [-0.4, -0.2) is 33.8 Å². The number of carbonyl (C=O) groups excluding carboxylic acids is 1. The largest absolute Gasteiger partial charge is 0.483 e. The lowest BCUT2D eigenvalue weighted by Gasteiger charge is -2.14. The van der Waals surface area contributed by atoms with E-state index in [2.05, 4.69) is 25.2 Å². The van der Waals surface area contributed by atoms with E-state index in [1.54, 1.807) is 13.0 Å². The summed E-state index contributed by atoms with van der Waals surface area (Å²) in [5.41, 5.74) is 1.87. The molecule has 0 bridgehead atoms. The highest BCUT2D eigenvalue weighted by Gasteiger charge is 2.28. The molecule has 1 atom stereocenters. The molecule has 0 aromatic carbocycles. The summed E-state index contributed by atoms with van der Waals surface area (Å²) in [5, 5.41) is 7.43. The minimum absolute atomic E-state index is 0.00655. The molecule has 0 unspecified atom stereocenters. The van der Waals surface area contributed by atoms with Crippen molar-refractivity contribution in [2.45, 2.75) is 38.9 Å². The van der Waals surface area contributed by atoms with Crippen LogP contribution in [-0.2, 0) is 0 Å². The van der Waals surface area contributed by atoms with E-state index in [0.29, 0.717) is 28.1 Å². The number of aromatic nitrogens is 3. The molecule has 7 nitrogen and oxygen atoms in total. The summed E-state index contributed by atoms with van der Waals surface area (Å²) in [4.78, 5) is 20.8. The van der Waals surface area contributed by atoms with E-state index in [1.807, 2.05) is 13.8 Å². The maximum absolute atomic E-state index is 12.6. The number of pyridine rings is 2. The Morgan fingerprint density at radius 1 is 1.21 bits per heavy atom. The topological polar surface area (TPSA) is 90.1 Å². The third-order valence-electron chi connectivity index (χ3n) is 4.12. The monoisotopic (exact) mass is 408 g/mol. The summed E-state index contributed by atoms with van der Waals surface area (Å²) in [6, 6.07) is 4.05. The average molecular weight is 408 g/mol. The molecule has 0 aliphatic heterocycles. The second-order valence-electron chi connectivity index (χ2n) is 6.82. The second-order valence-corrected chi connectivity index (χ2v) is 6.82. The molecular formula is C19H19F3N4O3. The van der Waals surface area contributed by atoms with Crippen LogP contribution in [0.1, 0.15) is 54.5 Å². The number of hydrogen-bond donors (Lipinski definition) is 1. The van der Waals surface area contributed by atoms with Crippen molar-refractivity contribution in [2.24, 2.45) is 0 Å². The molecule has 0 fully saturated rings. The molecule has 0 saturated heterocycles. The van der Waals surface area contributed by atoms with Crippen molar-refractivity contribution in [3.8, 4) is 5.75 Å². The molecule has 10 heteroatoms. The molecule has 3 aromatic rings. The van der Waals surface area contributed by atoms with Crippen molar-refractivity contribution in [3.05, 3.63) is 47.5 Å². The van der Waals surface area contributed by atoms with Crippen molar-refractivity contribution in [1.29, 1.82) is 0 Å². The highest BCUT2D eigenvalue weighted by molar-refractivity contribution is 5.97.